The molecule has 0 bridgehead atoms. The van der Waals surface area contributed by atoms with E-state index in [1.54, 1.807) is 12.1 Å². The van der Waals surface area contributed by atoms with Crippen molar-refractivity contribution < 1.29 is 14.3 Å². The SMILES string of the molecule is CCOc1cc(OC(=O)CCCN(C)C)cc2ccc3ccccc3c(=O)c12. The highest BCUT2D eigenvalue weighted by atomic mass is 16.5. The van der Waals surface area contributed by atoms with Gasteiger partial charge in [0.25, 0.3) is 0 Å². The third kappa shape index (κ3) is 4.49. The first-order valence-corrected chi connectivity index (χ1v) is 9.47. The highest BCUT2D eigenvalue weighted by Crippen LogP contribution is 2.30. The summed E-state index contributed by atoms with van der Waals surface area (Å²) in [6.45, 7) is 3.08. The van der Waals surface area contributed by atoms with Gasteiger partial charge in [-0.2, -0.15) is 0 Å². The first-order chi connectivity index (χ1) is 13.5. The fourth-order valence-electron chi connectivity index (χ4n) is 3.20. The summed E-state index contributed by atoms with van der Waals surface area (Å²) in [6.07, 6.45) is 1.06. The van der Waals surface area contributed by atoms with Crippen LogP contribution in [0.25, 0.3) is 21.5 Å². The van der Waals surface area contributed by atoms with Crippen LogP contribution in [-0.4, -0.2) is 38.1 Å². The van der Waals surface area contributed by atoms with Crippen molar-refractivity contribution in [2.45, 2.75) is 19.8 Å². The van der Waals surface area contributed by atoms with Crippen LogP contribution in [0.2, 0.25) is 0 Å². The van der Waals surface area contributed by atoms with E-state index in [9.17, 15) is 9.59 Å². The van der Waals surface area contributed by atoms with Crippen molar-refractivity contribution >= 4 is 27.5 Å². The molecule has 0 heterocycles. The number of fused-ring (bicyclic) bond motifs is 2. The summed E-state index contributed by atoms with van der Waals surface area (Å²) in [6, 6.07) is 14.6. The van der Waals surface area contributed by atoms with E-state index >= 15 is 0 Å². The molecular weight excluding hydrogens is 354 g/mol. The third-order valence-electron chi connectivity index (χ3n) is 4.50. The first kappa shape index (κ1) is 19.8. The van der Waals surface area contributed by atoms with Gasteiger partial charge >= 0.3 is 5.97 Å². The maximum absolute atomic E-state index is 13.1. The topological polar surface area (TPSA) is 55.8 Å². The van der Waals surface area contributed by atoms with Gasteiger partial charge in [-0.15, -0.1) is 0 Å². The van der Waals surface area contributed by atoms with Gasteiger partial charge in [-0.3, -0.25) is 9.59 Å². The molecule has 0 atom stereocenters. The quantitative estimate of drug-likeness (QED) is 0.459. The molecule has 0 saturated heterocycles. The number of rotatable bonds is 7. The summed E-state index contributed by atoms with van der Waals surface area (Å²) in [5.41, 5.74) is -0.0945. The molecule has 0 aliphatic carbocycles. The molecule has 3 aromatic carbocycles. The second-order valence-electron chi connectivity index (χ2n) is 6.95. The molecule has 5 heteroatoms. The molecule has 0 amide bonds. The summed E-state index contributed by atoms with van der Waals surface area (Å²) >= 11 is 0. The van der Waals surface area contributed by atoms with Crippen molar-refractivity contribution in [3.05, 3.63) is 58.8 Å². The lowest BCUT2D eigenvalue weighted by Gasteiger charge is -2.11. The van der Waals surface area contributed by atoms with Gasteiger partial charge in [0.15, 0.2) is 5.43 Å². The number of carbonyl (C=O) groups excluding carboxylic acids is 1. The molecule has 0 saturated carbocycles. The van der Waals surface area contributed by atoms with Gasteiger partial charge in [-0.05, 0) is 50.8 Å². The van der Waals surface area contributed by atoms with Crippen LogP contribution in [-0.2, 0) is 4.79 Å². The molecule has 0 unspecified atom stereocenters. The molecule has 28 heavy (non-hydrogen) atoms. The number of ether oxygens (including phenoxy) is 2. The smallest absolute Gasteiger partial charge is 0.311 e. The Morgan fingerprint density at radius 2 is 1.79 bits per heavy atom. The van der Waals surface area contributed by atoms with Gasteiger partial charge in [-0.1, -0.05) is 36.4 Å². The van der Waals surface area contributed by atoms with Crippen molar-refractivity contribution in [3.8, 4) is 11.5 Å². The Morgan fingerprint density at radius 1 is 1.04 bits per heavy atom. The lowest BCUT2D eigenvalue weighted by Crippen LogP contribution is -2.16. The maximum atomic E-state index is 13.1. The Bertz CT molecular complexity index is 1060. The van der Waals surface area contributed by atoms with Crippen LogP contribution in [0, 0.1) is 0 Å². The third-order valence-corrected chi connectivity index (χ3v) is 4.50. The Balaban J connectivity index is 2.03. The van der Waals surface area contributed by atoms with Crippen molar-refractivity contribution in [2.24, 2.45) is 0 Å². The number of hydrogen-bond donors (Lipinski definition) is 0. The van der Waals surface area contributed by atoms with E-state index in [0.29, 0.717) is 40.7 Å². The minimum absolute atomic E-state index is 0.0945. The second-order valence-corrected chi connectivity index (χ2v) is 6.95. The van der Waals surface area contributed by atoms with Gasteiger partial charge in [-0.25, -0.2) is 0 Å². The summed E-state index contributed by atoms with van der Waals surface area (Å²) in [5, 5.41) is 2.67. The molecule has 3 rings (SSSR count). The largest absolute Gasteiger partial charge is 0.493 e. The molecule has 0 spiro atoms. The van der Waals surface area contributed by atoms with Crippen molar-refractivity contribution in [1.29, 1.82) is 0 Å². The van der Waals surface area contributed by atoms with Crippen molar-refractivity contribution in [3.63, 3.8) is 0 Å². The van der Waals surface area contributed by atoms with Crippen molar-refractivity contribution in [1.82, 2.24) is 4.90 Å². The zero-order valence-corrected chi connectivity index (χ0v) is 16.5. The highest BCUT2D eigenvalue weighted by molar-refractivity contribution is 5.97. The average molecular weight is 379 g/mol. The molecule has 0 aliphatic rings. The summed E-state index contributed by atoms with van der Waals surface area (Å²) in [4.78, 5) is 27.3. The van der Waals surface area contributed by atoms with Crippen LogP contribution in [0.4, 0.5) is 0 Å². The minimum Gasteiger partial charge on any atom is -0.493 e. The Morgan fingerprint density at radius 3 is 2.54 bits per heavy atom. The van der Waals surface area contributed by atoms with Crippen LogP contribution >= 0.6 is 0 Å². The molecule has 146 valence electrons. The van der Waals surface area contributed by atoms with Gasteiger partial charge in [0.2, 0.25) is 0 Å². The summed E-state index contributed by atoms with van der Waals surface area (Å²) < 4.78 is 11.2. The Labute approximate surface area is 164 Å². The second kappa shape index (κ2) is 8.85. The summed E-state index contributed by atoms with van der Waals surface area (Å²) in [7, 11) is 3.93. The van der Waals surface area contributed by atoms with E-state index in [4.69, 9.17) is 9.47 Å². The molecule has 0 aromatic heterocycles. The molecule has 0 radical (unpaired) electrons. The van der Waals surface area contributed by atoms with Crippen LogP contribution in [0.1, 0.15) is 19.8 Å². The predicted octanol–water partition coefficient (Wildman–Crippen LogP) is 4.00. The molecule has 0 aliphatic heterocycles. The van der Waals surface area contributed by atoms with Gasteiger partial charge in [0.05, 0.1) is 12.0 Å². The van der Waals surface area contributed by atoms with E-state index in [-0.39, 0.29) is 11.4 Å². The molecule has 0 N–H and O–H groups in total. The maximum Gasteiger partial charge on any atom is 0.311 e. The lowest BCUT2D eigenvalue weighted by molar-refractivity contribution is -0.134. The van der Waals surface area contributed by atoms with Gasteiger partial charge in [0.1, 0.15) is 11.5 Å². The number of nitrogens with zero attached hydrogens (tertiary/aromatic N) is 1. The van der Waals surface area contributed by atoms with Crippen molar-refractivity contribution in [2.75, 3.05) is 27.2 Å². The lowest BCUT2D eigenvalue weighted by atomic mass is 10.1. The highest BCUT2D eigenvalue weighted by Gasteiger charge is 2.13. The zero-order valence-electron chi connectivity index (χ0n) is 16.5. The van der Waals surface area contributed by atoms with Crippen LogP contribution in [0.3, 0.4) is 0 Å². The number of carbonyl (C=O) groups is 1. The monoisotopic (exact) mass is 379 g/mol. The van der Waals surface area contributed by atoms with E-state index < -0.39 is 0 Å². The number of esters is 1. The van der Waals surface area contributed by atoms with E-state index in [1.165, 1.54) is 0 Å². The fraction of sp³-hybridized carbons (Fsp3) is 0.304. The average Bonchev–Trinajstić information content (AvgIpc) is 2.79. The van der Waals surface area contributed by atoms with Crippen LogP contribution < -0.4 is 14.9 Å². The predicted molar refractivity (Wildman–Crippen MR) is 112 cm³/mol. The molecule has 0 fully saturated rings. The molecule has 3 aromatic rings. The van der Waals surface area contributed by atoms with E-state index in [2.05, 4.69) is 0 Å². The Hall–Kier alpha value is -2.92. The van der Waals surface area contributed by atoms with Gasteiger partial charge < -0.3 is 14.4 Å². The fourth-order valence-corrected chi connectivity index (χ4v) is 3.20. The number of hydrogen-bond acceptors (Lipinski definition) is 5. The Kier molecular flexibility index (Phi) is 6.26. The van der Waals surface area contributed by atoms with Crippen LogP contribution in [0.5, 0.6) is 11.5 Å². The standard InChI is InChI=1S/C23H25NO4/c1-4-27-20-15-18(28-21(25)10-7-13-24(2)3)14-17-12-11-16-8-5-6-9-19(16)23(26)22(17)20/h5-6,8-9,11-12,14-15H,4,7,10,13H2,1-3H3. The van der Waals surface area contributed by atoms with Gasteiger partial charge in [0, 0.05) is 17.9 Å². The van der Waals surface area contributed by atoms with E-state index in [1.807, 2.05) is 62.3 Å². The van der Waals surface area contributed by atoms with E-state index in [0.717, 1.165) is 18.4 Å². The minimum atomic E-state index is -0.295. The number of benzene rings is 2. The summed E-state index contributed by atoms with van der Waals surface area (Å²) in [5.74, 6) is 0.527. The molecule has 5 nitrogen and oxygen atoms in total. The van der Waals surface area contributed by atoms with Crippen LogP contribution in [0.15, 0.2) is 53.3 Å². The normalized spacial score (nSPS) is 11.1. The first-order valence-electron chi connectivity index (χ1n) is 9.47. The molecular formula is C23H25NO4. The zero-order chi connectivity index (χ0) is 20.1.